The highest BCUT2D eigenvalue weighted by Crippen LogP contribution is 2.23. The SMILES string of the molecule is CC1CN(Cc2ccccc2)CC1Nc1cc(-n2cccn2)nc(N)n1. The van der Waals surface area contributed by atoms with Gasteiger partial charge in [0, 0.05) is 44.1 Å². The van der Waals surface area contributed by atoms with E-state index in [1.54, 1.807) is 10.9 Å². The van der Waals surface area contributed by atoms with Crippen LogP contribution in [0.1, 0.15) is 12.5 Å². The topological polar surface area (TPSA) is 84.9 Å². The zero-order valence-electron chi connectivity index (χ0n) is 14.8. The molecular weight excluding hydrogens is 326 g/mol. The van der Waals surface area contributed by atoms with E-state index in [1.165, 1.54) is 5.56 Å². The second-order valence-corrected chi connectivity index (χ2v) is 6.83. The lowest BCUT2D eigenvalue weighted by Gasteiger charge is -2.18. The number of aromatic nitrogens is 4. The molecule has 26 heavy (non-hydrogen) atoms. The molecule has 1 fully saturated rings. The smallest absolute Gasteiger partial charge is 0.224 e. The fourth-order valence-corrected chi connectivity index (χ4v) is 3.46. The van der Waals surface area contributed by atoms with Gasteiger partial charge in [-0.3, -0.25) is 4.90 Å². The van der Waals surface area contributed by atoms with Gasteiger partial charge in [0.1, 0.15) is 5.82 Å². The summed E-state index contributed by atoms with van der Waals surface area (Å²) < 4.78 is 1.68. The quantitative estimate of drug-likeness (QED) is 0.734. The fourth-order valence-electron chi connectivity index (χ4n) is 3.46. The summed E-state index contributed by atoms with van der Waals surface area (Å²) >= 11 is 0. The van der Waals surface area contributed by atoms with Crippen LogP contribution in [0, 0.1) is 5.92 Å². The Balaban J connectivity index is 1.45. The number of hydrogen-bond acceptors (Lipinski definition) is 6. The minimum Gasteiger partial charge on any atom is -0.368 e. The van der Waals surface area contributed by atoms with Crippen molar-refractivity contribution in [2.24, 2.45) is 5.92 Å². The predicted molar refractivity (Wildman–Crippen MR) is 102 cm³/mol. The fraction of sp³-hybridized carbons (Fsp3) is 0.316. The van der Waals surface area contributed by atoms with E-state index in [2.05, 4.69) is 62.5 Å². The Morgan fingerprint density at radius 3 is 2.77 bits per heavy atom. The van der Waals surface area contributed by atoms with Crippen LogP contribution in [0.5, 0.6) is 0 Å². The Labute approximate surface area is 152 Å². The summed E-state index contributed by atoms with van der Waals surface area (Å²) in [6.07, 6.45) is 3.55. The van der Waals surface area contributed by atoms with Gasteiger partial charge in [-0.1, -0.05) is 37.3 Å². The number of nitrogens with two attached hydrogens (primary N) is 1. The molecule has 1 saturated heterocycles. The van der Waals surface area contributed by atoms with E-state index in [1.807, 2.05) is 18.3 Å². The van der Waals surface area contributed by atoms with E-state index in [9.17, 15) is 0 Å². The van der Waals surface area contributed by atoms with Crippen molar-refractivity contribution >= 4 is 11.8 Å². The van der Waals surface area contributed by atoms with E-state index in [4.69, 9.17) is 5.73 Å². The summed E-state index contributed by atoms with van der Waals surface area (Å²) in [5.41, 5.74) is 7.23. The van der Waals surface area contributed by atoms with Gasteiger partial charge in [-0.25, -0.2) is 4.68 Å². The van der Waals surface area contributed by atoms with E-state index >= 15 is 0 Å². The molecule has 4 rings (SSSR count). The Kier molecular flexibility index (Phi) is 4.53. The van der Waals surface area contributed by atoms with E-state index in [-0.39, 0.29) is 5.95 Å². The van der Waals surface area contributed by atoms with Gasteiger partial charge in [0.2, 0.25) is 5.95 Å². The predicted octanol–water partition coefficient (Wildman–Crippen LogP) is 2.18. The molecule has 3 heterocycles. The molecule has 7 heteroatoms. The van der Waals surface area contributed by atoms with Crippen LogP contribution >= 0.6 is 0 Å². The molecule has 2 aromatic heterocycles. The monoisotopic (exact) mass is 349 g/mol. The van der Waals surface area contributed by atoms with Crippen LogP contribution in [0.2, 0.25) is 0 Å². The molecule has 2 unspecified atom stereocenters. The Morgan fingerprint density at radius 1 is 1.15 bits per heavy atom. The van der Waals surface area contributed by atoms with Crippen LogP contribution in [0.4, 0.5) is 11.8 Å². The average molecular weight is 349 g/mol. The number of likely N-dealkylation sites (tertiary alicyclic amines) is 1. The third-order valence-corrected chi connectivity index (χ3v) is 4.74. The third-order valence-electron chi connectivity index (χ3n) is 4.74. The zero-order chi connectivity index (χ0) is 17.9. The number of hydrogen-bond donors (Lipinski definition) is 2. The normalized spacial score (nSPS) is 20.3. The van der Waals surface area contributed by atoms with E-state index in [0.717, 1.165) is 25.5 Å². The van der Waals surface area contributed by atoms with Crippen molar-refractivity contribution in [1.29, 1.82) is 0 Å². The van der Waals surface area contributed by atoms with Crippen molar-refractivity contribution in [3.05, 3.63) is 60.4 Å². The average Bonchev–Trinajstić information content (AvgIpc) is 3.26. The molecule has 3 N–H and O–H groups in total. The minimum absolute atomic E-state index is 0.243. The van der Waals surface area contributed by atoms with Crippen molar-refractivity contribution < 1.29 is 0 Å². The van der Waals surface area contributed by atoms with Crippen LogP contribution < -0.4 is 11.1 Å². The lowest BCUT2D eigenvalue weighted by Crippen LogP contribution is -2.28. The molecule has 3 aromatic rings. The first-order chi connectivity index (χ1) is 12.7. The van der Waals surface area contributed by atoms with Crippen LogP contribution in [-0.2, 0) is 6.54 Å². The summed E-state index contributed by atoms with van der Waals surface area (Å²) in [6.45, 7) is 5.26. The third kappa shape index (κ3) is 3.67. The number of benzene rings is 1. The number of nitrogens with one attached hydrogen (secondary N) is 1. The molecule has 0 aliphatic carbocycles. The van der Waals surface area contributed by atoms with Crippen LogP contribution in [0.15, 0.2) is 54.9 Å². The maximum atomic E-state index is 5.89. The number of rotatable bonds is 5. The lowest BCUT2D eigenvalue weighted by molar-refractivity contribution is 0.319. The first-order valence-electron chi connectivity index (χ1n) is 8.85. The van der Waals surface area contributed by atoms with Crippen molar-refractivity contribution in [2.45, 2.75) is 19.5 Å². The van der Waals surface area contributed by atoms with Gasteiger partial charge >= 0.3 is 0 Å². The van der Waals surface area contributed by atoms with Crippen molar-refractivity contribution in [3.63, 3.8) is 0 Å². The number of anilines is 2. The van der Waals surface area contributed by atoms with Crippen molar-refractivity contribution in [3.8, 4) is 5.82 Å². The summed E-state index contributed by atoms with van der Waals surface area (Å²) in [5.74, 6) is 2.16. The van der Waals surface area contributed by atoms with Gasteiger partial charge in [0.15, 0.2) is 5.82 Å². The van der Waals surface area contributed by atoms with Crippen molar-refractivity contribution in [2.75, 3.05) is 24.1 Å². The highest BCUT2D eigenvalue weighted by Gasteiger charge is 2.29. The minimum atomic E-state index is 0.243. The largest absolute Gasteiger partial charge is 0.368 e. The molecule has 1 aliphatic rings. The lowest BCUT2D eigenvalue weighted by atomic mass is 10.1. The van der Waals surface area contributed by atoms with Crippen LogP contribution in [0.25, 0.3) is 5.82 Å². The molecule has 0 radical (unpaired) electrons. The molecule has 134 valence electrons. The van der Waals surface area contributed by atoms with Crippen LogP contribution in [-0.4, -0.2) is 43.8 Å². The number of nitrogens with zero attached hydrogens (tertiary/aromatic N) is 5. The molecule has 1 aromatic carbocycles. The summed E-state index contributed by atoms with van der Waals surface area (Å²) in [4.78, 5) is 11.1. The second-order valence-electron chi connectivity index (χ2n) is 6.83. The van der Waals surface area contributed by atoms with Gasteiger partial charge in [0.05, 0.1) is 0 Å². The van der Waals surface area contributed by atoms with Gasteiger partial charge in [0.25, 0.3) is 0 Å². The van der Waals surface area contributed by atoms with Crippen molar-refractivity contribution in [1.82, 2.24) is 24.6 Å². The maximum Gasteiger partial charge on any atom is 0.224 e. The Morgan fingerprint density at radius 2 is 2.00 bits per heavy atom. The summed E-state index contributed by atoms with van der Waals surface area (Å²) in [6, 6.07) is 14.6. The van der Waals surface area contributed by atoms with E-state index in [0.29, 0.717) is 17.8 Å². The summed E-state index contributed by atoms with van der Waals surface area (Å²) in [5, 5.41) is 7.74. The first kappa shape index (κ1) is 16.5. The standard InChI is InChI=1S/C19H23N7/c1-14-11-25(12-15-6-3-2-4-7-15)13-16(14)22-17-10-18(24-19(20)23-17)26-9-5-8-21-26/h2-10,14,16H,11-13H2,1H3,(H3,20,22,23,24). The molecule has 0 saturated carbocycles. The van der Waals surface area contributed by atoms with Gasteiger partial charge < -0.3 is 11.1 Å². The Bertz CT molecular complexity index is 848. The molecule has 2 atom stereocenters. The van der Waals surface area contributed by atoms with Gasteiger partial charge in [-0.15, -0.1) is 0 Å². The highest BCUT2D eigenvalue weighted by molar-refractivity contribution is 5.46. The molecule has 0 amide bonds. The van der Waals surface area contributed by atoms with E-state index < -0.39 is 0 Å². The maximum absolute atomic E-state index is 5.89. The van der Waals surface area contributed by atoms with Gasteiger partial charge in [-0.2, -0.15) is 15.1 Å². The summed E-state index contributed by atoms with van der Waals surface area (Å²) in [7, 11) is 0. The molecule has 1 aliphatic heterocycles. The second kappa shape index (κ2) is 7.13. The molecule has 0 spiro atoms. The highest BCUT2D eigenvalue weighted by atomic mass is 15.3. The molecular formula is C19H23N7. The molecule has 0 bridgehead atoms. The Hall–Kier alpha value is -2.93. The number of nitrogen functional groups attached to an aromatic ring is 1. The molecule has 7 nitrogen and oxygen atoms in total. The van der Waals surface area contributed by atoms with Gasteiger partial charge in [-0.05, 0) is 17.5 Å². The first-order valence-corrected chi connectivity index (χ1v) is 8.85. The van der Waals surface area contributed by atoms with Crippen LogP contribution in [0.3, 0.4) is 0 Å². The zero-order valence-corrected chi connectivity index (χ0v) is 14.8.